The van der Waals surface area contributed by atoms with E-state index in [0.717, 1.165) is 6.26 Å². The Hall–Kier alpha value is -1.30. The summed E-state index contributed by atoms with van der Waals surface area (Å²) in [5.41, 5.74) is -0.748. The highest BCUT2D eigenvalue weighted by atomic mass is 28.4. The van der Waals surface area contributed by atoms with Crippen LogP contribution in [-0.4, -0.2) is 30.5 Å². The molecule has 0 fully saturated rings. The standard InChI is InChI=1S/C7H12O5Si/c1-13(2,3)12-4-5(6(8)9)7(10)11/h4H,1-3H3,(H,8,9)(H,10,11). The maximum Gasteiger partial charge on any atom is 0.346 e. The van der Waals surface area contributed by atoms with Crippen molar-refractivity contribution in [3.63, 3.8) is 0 Å². The molecule has 0 amide bonds. The highest BCUT2D eigenvalue weighted by Gasteiger charge is 2.20. The first kappa shape index (κ1) is 11.7. The summed E-state index contributed by atoms with van der Waals surface area (Å²) in [6, 6.07) is 0. The molecule has 0 aromatic heterocycles. The molecule has 6 heteroatoms. The number of carboxylic acid groups (broad SMARTS) is 2. The minimum absolute atomic E-state index is 0.748. The van der Waals surface area contributed by atoms with Crippen LogP contribution in [0.5, 0.6) is 0 Å². The Balaban J connectivity index is 4.57. The lowest BCUT2D eigenvalue weighted by molar-refractivity contribution is -0.140. The molecule has 0 aromatic rings. The molecule has 0 saturated carbocycles. The van der Waals surface area contributed by atoms with E-state index in [1.54, 1.807) is 0 Å². The van der Waals surface area contributed by atoms with Crippen LogP contribution in [0, 0.1) is 0 Å². The first-order valence-electron chi connectivity index (χ1n) is 3.58. The summed E-state index contributed by atoms with van der Waals surface area (Å²) in [6.45, 7) is 5.47. The van der Waals surface area contributed by atoms with E-state index in [0.29, 0.717) is 0 Å². The van der Waals surface area contributed by atoms with E-state index in [9.17, 15) is 9.59 Å². The van der Waals surface area contributed by atoms with Gasteiger partial charge in [0.05, 0.1) is 6.26 Å². The Morgan fingerprint density at radius 3 is 1.77 bits per heavy atom. The minimum atomic E-state index is -1.91. The van der Waals surface area contributed by atoms with E-state index < -0.39 is 25.8 Å². The van der Waals surface area contributed by atoms with E-state index in [2.05, 4.69) is 0 Å². The van der Waals surface area contributed by atoms with Crippen molar-refractivity contribution in [3.05, 3.63) is 11.8 Å². The second-order valence-corrected chi connectivity index (χ2v) is 7.83. The van der Waals surface area contributed by atoms with Gasteiger partial charge in [0.15, 0.2) is 5.57 Å². The fraction of sp³-hybridized carbons (Fsp3) is 0.429. The van der Waals surface area contributed by atoms with Gasteiger partial charge in [0.25, 0.3) is 0 Å². The molecule has 0 aromatic carbocycles. The predicted molar refractivity (Wildman–Crippen MR) is 47.8 cm³/mol. The third kappa shape index (κ3) is 5.02. The number of hydrogen-bond acceptors (Lipinski definition) is 3. The Bertz CT molecular complexity index is 234. The maximum absolute atomic E-state index is 10.3. The molecule has 13 heavy (non-hydrogen) atoms. The lowest BCUT2D eigenvalue weighted by Gasteiger charge is -2.14. The van der Waals surface area contributed by atoms with Crippen LogP contribution in [0.15, 0.2) is 11.8 Å². The first-order chi connectivity index (χ1) is 5.74. The van der Waals surface area contributed by atoms with Crippen LogP contribution in [0.1, 0.15) is 0 Å². The molecule has 2 N–H and O–H groups in total. The van der Waals surface area contributed by atoms with Gasteiger partial charge in [-0.15, -0.1) is 0 Å². The Morgan fingerprint density at radius 2 is 1.54 bits per heavy atom. The van der Waals surface area contributed by atoms with Gasteiger partial charge in [-0.3, -0.25) is 0 Å². The molecule has 0 heterocycles. The summed E-state index contributed by atoms with van der Waals surface area (Å²) >= 11 is 0. The van der Waals surface area contributed by atoms with Crippen LogP contribution in [0.25, 0.3) is 0 Å². The van der Waals surface area contributed by atoms with Crippen molar-refractivity contribution in [1.29, 1.82) is 0 Å². The van der Waals surface area contributed by atoms with Gasteiger partial charge in [-0.1, -0.05) is 0 Å². The summed E-state index contributed by atoms with van der Waals surface area (Å²) in [6.07, 6.45) is 0.802. The summed E-state index contributed by atoms with van der Waals surface area (Å²) in [5, 5.41) is 16.9. The summed E-state index contributed by atoms with van der Waals surface area (Å²) < 4.78 is 5.03. The number of aliphatic carboxylic acids is 2. The van der Waals surface area contributed by atoms with Crippen molar-refractivity contribution in [3.8, 4) is 0 Å². The fourth-order valence-electron chi connectivity index (χ4n) is 0.428. The molecule has 0 rings (SSSR count). The van der Waals surface area contributed by atoms with Crippen molar-refractivity contribution in [2.45, 2.75) is 19.6 Å². The number of carboxylic acids is 2. The molecule has 0 radical (unpaired) electrons. The smallest absolute Gasteiger partial charge is 0.346 e. The third-order valence-corrected chi connectivity index (χ3v) is 1.82. The molecule has 0 atom stereocenters. The first-order valence-corrected chi connectivity index (χ1v) is 6.99. The topological polar surface area (TPSA) is 83.8 Å². The average Bonchev–Trinajstić information content (AvgIpc) is 1.82. The van der Waals surface area contributed by atoms with Crippen molar-refractivity contribution < 1.29 is 24.2 Å². The average molecular weight is 204 g/mol. The van der Waals surface area contributed by atoms with Crippen LogP contribution in [0.3, 0.4) is 0 Å². The zero-order valence-electron chi connectivity index (χ0n) is 7.70. The molecule has 0 spiro atoms. The van der Waals surface area contributed by atoms with Gasteiger partial charge in [-0.05, 0) is 19.6 Å². The predicted octanol–water partition coefficient (Wildman–Crippen LogP) is 0.891. The molecule has 0 bridgehead atoms. The zero-order valence-corrected chi connectivity index (χ0v) is 8.70. The molecule has 0 saturated heterocycles. The molecule has 0 aliphatic carbocycles. The van der Waals surface area contributed by atoms with E-state index in [-0.39, 0.29) is 0 Å². The van der Waals surface area contributed by atoms with Gasteiger partial charge in [-0.25, -0.2) is 9.59 Å². The van der Waals surface area contributed by atoms with Crippen molar-refractivity contribution in [2.24, 2.45) is 0 Å². The van der Waals surface area contributed by atoms with Gasteiger partial charge in [-0.2, -0.15) is 0 Å². The van der Waals surface area contributed by atoms with Crippen LogP contribution in [-0.2, 0) is 14.0 Å². The monoisotopic (exact) mass is 204 g/mol. The van der Waals surface area contributed by atoms with Gasteiger partial charge < -0.3 is 14.6 Å². The number of carbonyl (C=O) groups is 2. The lowest BCUT2D eigenvalue weighted by Crippen LogP contribution is -2.24. The quantitative estimate of drug-likeness (QED) is 0.233. The second-order valence-electron chi connectivity index (χ2n) is 3.37. The van der Waals surface area contributed by atoms with Crippen LogP contribution >= 0.6 is 0 Å². The van der Waals surface area contributed by atoms with Crippen LogP contribution in [0.4, 0.5) is 0 Å². The van der Waals surface area contributed by atoms with E-state index in [1.165, 1.54) is 0 Å². The molecule has 0 aliphatic rings. The van der Waals surface area contributed by atoms with Crippen LogP contribution in [0.2, 0.25) is 19.6 Å². The third-order valence-electron chi connectivity index (χ3n) is 0.991. The molecular formula is C7H12O5Si. The summed E-state index contributed by atoms with van der Waals surface area (Å²) in [5.74, 6) is -2.99. The summed E-state index contributed by atoms with van der Waals surface area (Å²) in [7, 11) is -1.91. The Kier molecular flexibility index (Phi) is 3.67. The SMILES string of the molecule is C[Si](C)(C)OC=C(C(=O)O)C(=O)O. The van der Waals surface area contributed by atoms with E-state index >= 15 is 0 Å². The molecule has 0 unspecified atom stereocenters. The second kappa shape index (κ2) is 4.08. The van der Waals surface area contributed by atoms with Gasteiger partial charge in [0, 0.05) is 0 Å². The molecular weight excluding hydrogens is 192 g/mol. The van der Waals surface area contributed by atoms with Crippen molar-refractivity contribution in [1.82, 2.24) is 0 Å². The van der Waals surface area contributed by atoms with E-state index in [4.69, 9.17) is 14.6 Å². The molecule has 0 aliphatic heterocycles. The van der Waals surface area contributed by atoms with Crippen LogP contribution < -0.4 is 0 Å². The maximum atomic E-state index is 10.3. The van der Waals surface area contributed by atoms with Gasteiger partial charge in [0.1, 0.15) is 0 Å². The highest BCUT2D eigenvalue weighted by molar-refractivity contribution is 6.69. The Morgan fingerprint density at radius 1 is 1.15 bits per heavy atom. The minimum Gasteiger partial charge on any atom is -0.549 e. The van der Waals surface area contributed by atoms with Gasteiger partial charge >= 0.3 is 11.9 Å². The Labute approximate surface area is 76.8 Å². The van der Waals surface area contributed by atoms with E-state index in [1.807, 2.05) is 19.6 Å². The van der Waals surface area contributed by atoms with Crippen molar-refractivity contribution >= 4 is 20.3 Å². The molecule has 5 nitrogen and oxygen atoms in total. The number of rotatable bonds is 4. The highest BCUT2D eigenvalue weighted by Crippen LogP contribution is 2.05. The fourth-order valence-corrected chi connectivity index (χ4v) is 0.899. The number of hydrogen-bond donors (Lipinski definition) is 2. The van der Waals surface area contributed by atoms with Crippen molar-refractivity contribution in [2.75, 3.05) is 0 Å². The largest absolute Gasteiger partial charge is 0.549 e. The molecule has 74 valence electrons. The summed E-state index contributed by atoms with van der Waals surface area (Å²) in [4.78, 5) is 20.7. The van der Waals surface area contributed by atoms with Gasteiger partial charge in [0.2, 0.25) is 8.32 Å². The lowest BCUT2D eigenvalue weighted by atomic mass is 10.3. The zero-order chi connectivity index (χ0) is 10.6. The normalized spacial score (nSPS) is 10.4.